The van der Waals surface area contributed by atoms with Crippen molar-refractivity contribution in [3.8, 4) is 11.1 Å². The molecule has 0 radical (unpaired) electrons. The van der Waals surface area contributed by atoms with Crippen molar-refractivity contribution >= 4 is 18.9 Å². The van der Waals surface area contributed by atoms with Crippen LogP contribution in [0.15, 0.2) is 54.6 Å². The van der Waals surface area contributed by atoms with E-state index in [0.717, 1.165) is 16.7 Å². The van der Waals surface area contributed by atoms with Gasteiger partial charge in [0.05, 0.1) is 16.4 Å². The van der Waals surface area contributed by atoms with Crippen LogP contribution < -0.4 is 0 Å². The average molecular weight is 408 g/mol. The van der Waals surface area contributed by atoms with Gasteiger partial charge in [-0.05, 0) is 62.6 Å². The van der Waals surface area contributed by atoms with E-state index in [1.54, 1.807) is 0 Å². The second kappa shape index (κ2) is 7.77. The number of alkyl halides is 3. The lowest BCUT2D eigenvalue weighted by Gasteiger charge is -2.32. The Morgan fingerprint density at radius 2 is 1.36 bits per heavy atom. The predicted molar refractivity (Wildman–Crippen MR) is 109 cm³/mol. The molecule has 3 rings (SSSR count). The van der Waals surface area contributed by atoms with Gasteiger partial charge in [-0.2, -0.15) is 13.2 Å². The van der Waals surface area contributed by atoms with Gasteiger partial charge in [0.2, 0.25) is 0 Å². The van der Waals surface area contributed by atoms with E-state index in [9.17, 15) is 13.2 Å². The molecule has 1 saturated heterocycles. The third-order valence-corrected chi connectivity index (χ3v) is 6.32. The maximum Gasteiger partial charge on any atom is 0.472 e. The summed E-state index contributed by atoms with van der Waals surface area (Å²) in [5.41, 5.74) is -2.78. The molecule has 1 fully saturated rings. The zero-order valence-corrected chi connectivity index (χ0v) is 17.2. The van der Waals surface area contributed by atoms with Crippen LogP contribution in [0.25, 0.3) is 11.1 Å². The van der Waals surface area contributed by atoms with Crippen molar-refractivity contribution in [2.75, 3.05) is 0 Å². The molecule has 1 unspecified atom stereocenters. The van der Waals surface area contributed by atoms with Crippen molar-refractivity contribution in [3.63, 3.8) is 0 Å². The molecule has 1 heterocycles. The van der Waals surface area contributed by atoms with Gasteiger partial charge in [-0.15, -0.1) is 0 Å². The van der Waals surface area contributed by atoms with Gasteiger partial charge in [-0.3, -0.25) is 0 Å². The molecule has 28 heavy (non-hydrogen) atoms. The topological polar surface area (TPSA) is 18.5 Å². The fraction of sp³-hybridized carbons (Fsp3) is 0.429. The Hall–Kier alpha value is -1.44. The SMILES string of the molecule is CC1(C)OB(C(Cc2ccc(-c3ccccc3)cc2)SC(F)(F)F)OC1(C)C. The summed E-state index contributed by atoms with van der Waals surface area (Å²) in [6.45, 7) is 7.38. The van der Waals surface area contributed by atoms with Crippen LogP contribution in [0.2, 0.25) is 0 Å². The predicted octanol–water partition coefficient (Wildman–Crippen LogP) is 6.15. The van der Waals surface area contributed by atoms with E-state index < -0.39 is 29.0 Å². The van der Waals surface area contributed by atoms with E-state index >= 15 is 0 Å². The summed E-state index contributed by atoms with van der Waals surface area (Å²) in [7, 11) is -0.926. The van der Waals surface area contributed by atoms with E-state index in [0.29, 0.717) is 0 Å². The van der Waals surface area contributed by atoms with Crippen molar-refractivity contribution in [1.82, 2.24) is 0 Å². The summed E-state index contributed by atoms with van der Waals surface area (Å²) in [6, 6.07) is 17.5. The largest absolute Gasteiger partial charge is 0.472 e. The molecule has 2 aromatic carbocycles. The monoisotopic (exact) mass is 408 g/mol. The highest BCUT2D eigenvalue weighted by Crippen LogP contribution is 2.43. The van der Waals surface area contributed by atoms with Gasteiger partial charge in [0.1, 0.15) is 0 Å². The first-order valence-electron chi connectivity index (χ1n) is 9.21. The number of hydrogen-bond acceptors (Lipinski definition) is 3. The van der Waals surface area contributed by atoms with Crippen LogP contribution in [-0.2, 0) is 15.7 Å². The summed E-state index contributed by atoms with van der Waals surface area (Å²) >= 11 is -0.0540. The zero-order chi connectivity index (χ0) is 20.6. The van der Waals surface area contributed by atoms with E-state index in [2.05, 4.69) is 0 Å². The molecule has 1 aliphatic rings. The average Bonchev–Trinajstić information content (AvgIpc) is 2.82. The third-order valence-electron chi connectivity index (χ3n) is 5.36. The molecule has 2 nitrogen and oxygen atoms in total. The van der Waals surface area contributed by atoms with E-state index in [-0.39, 0.29) is 18.2 Å². The summed E-state index contributed by atoms with van der Waals surface area (Å²) in [4.78, 5) is 0. The van der Waals surface area contributed by atoms with Gasteiger partial charge in [0.15, 0.2) is 0 Å². The van der Waals surface area contributed by atoms with Crippen LogP contribution in [0, 0.1) is 0 Å². The molecule has 2 aromatic rings. The molecular formula is C21H24BF3O2S. The lowest BCUT2D eigenvalue weighted by molar-refractivity contribution is -0.0332. The molecule has 1 aliphatic heterocycles. The first kappa shape index (κ1) is 21.3. The number of halogens is 3. The van der Waals surface area contributed by atoms with Crippen molar-refractivity contribution in [3.05, 3.63) is 60.2 Å². The standard InChI is InChI=1S/C21H24BF3O2S/c1-19(2)20(3,4)27-22(26-19)18(28-21(23,24)25)14-15-10-12-17(13-11-15)16-8-6-5-7-9-16/h5-13,18H,14H2,1-4H3. The molecule has 1 atom stereocenters. The Balaban J connectivity index is 1.79. The molecule has 7 heteroatoms. The fourth-order valence-electron chi connectivity index (χ4n) is 3.10. The summed E-state index contributed by atoms with van der Waals surface area (Å²) in [5, 5.41) is -0.886. The van der Waals surface area contributed by atoms with Gasteiger partial charge >= 0.3 is 12.6 Å². The Bertz CT molecular complexity index is 776. The van der Waals surface area contributed by atoms with Gasteiger partial charge < -0.3 is 9.31 Å². The van der Waals surface area contributed by atoms with Gasteiger partial charge in [-0.1, -0.05) is 54.6 Å². The third kappa shape index (κ3) is 4.94. The van der Waals surface area contributed by atoms with E-state index in [1.807, 2.05) is 82.3 Å². The Kier molecular flexibility index (Phi) is 5.90. The minimum Gasteiger partial charge on any atom is -0.402 e. The summed E-state index contributed by atoms with van der Waals surface area (Å²) < 4.78 is 51.3. The first-order chi connectivity index (χ1) is 13.0. The Morgan fingerprint density at radius 1 is 0.857 bits per heavy atom. The highest BCUT2D eigenvalue weighted by atomic mass is 32.2. The molecule has 0 bridgehead atoms. The fourth-order valence-corrected chi connectivity index (χ4v) is 3.94. The number of thioether (sulfide) groups is 1. The molecule has 0 spiro atoms. The van der Waals surface area contributed by atoms with Crippen LogP contribution in [0.3, 0.4) is 0 Å². The van der Waals surface area contributed by atoms with E-state index in [4.69, 9.17) is 9.31 Å². The maximum atomic E-state index is 13.2. The lowest BCUT2D eigenvalue weighted by Crippen LogP contribution is -2.41. The normalized spacial score (nSPS) is 19.6. The van der Waals surface area contributed by atoms with Gasteiger partial charge in [0.25, 0.3) is 0 Å². The molecule has 0 aromatic heterocycles. The quantitative estimate of drug-likeness (QED) is 0.553. The van der Waals surface area contributed by atoms with Crippen molar-refractivity contribution in [2.24, 2.45) is 0 Å². The molecule has 0 N–H and O–H groups in total. The second-order valence-electron chi connectivity index (χ2n) is 7.99. The summed E-state index contributed by atoms with van der Waals surface area (Å²) in [6.07, 6.45) is 0.204. The van der Waals surface area contributed by atoms with Gasteiger partial charge in [-0.25, -0.2) is 0 Å². The van der Waals surface area contributed by atoms with Crippen LogP contribution in [0.4, 0.5) is 13.2 Å². The number of benzene rings is 2. The van der Waals surface area contributed by atoms with Gasteiger partial charge in [0, 0.05) is 0 Å². The van der Waals surface area contributed by atoms with Crippen LogP contribution in [0.5, 0.6) is 0 Å². The van der Waals surface area contributed by atoms with Crippen molar-refractivity contribution < 1.29 is 22.5 Å². The minimum atomic E-state index is -4.36. The van der Waals surface area contributed by atoms with E-state index in [1.165, 1.54) is 0 Å². The number of rotatable bonds is 5. The van der Waals surface area contributed by atoms with Crippen LogP contribution in [0.1, 0.15) is 33.3 Å². The first-order valence-corrected chi connectivity index (χ1v) is 10.1. The molecule has 0 amide bonds. The van der Waals surface area contributed by atoms with Crippen molar-refractivity contribution in [1.29, 1.82) is 0 Å². The van der Waals surface area contributed by atoms with Crippen molar-refractivity contribution in [2.45, 2.75) is 56.0 Å². The smallest absolute Gasteiger partial charge is 0.402 e. The maximum absolute atomic E-state index is 13.2. The van der Waals surface area contributed by atoms with Crippen LogP contribution >= 0.6 is 11.8 Å². The minimum absolute atomic E-state index is 0.0540. The Morgan fingerprint density at radius 3 is 1.86 bits per heavy atom. The summed E-state index contributed by atoms with van der Waals surface area (Å²) in [5.74, 6) is 0. The Labute approximate surface area is 169 Å². The van der Waals surface area contributed by atoms with Crippen LogP contribution in [-0.4, -0.2) is 29.0 Å². The molecular weight excluding hydrogens is 384 g/mol. The second-order valence-corrected chi connectivity index (χ2v) is 9.30. The number of hydrogen-bond donors (Lipinski definition) is 0. The molecule has 0 saturated carbocycles. The highest BCUT2D eigenvalue weighted by molar-refractivity contribution is 8.02. The highest BCUT2D eigenvalue weighted by Gasteiger charge is 2.55. The lowest BCUT2D eigenvalue weighted by atomic mass is 9.80. The molecule has 150 valence electrons. The molecule has 0 aliphatic carbocycles. The zero-order valence-electron chi connectivity index (χ0n) is 16.4.